The van der Waals surface area contributed by atoms with Gasteiger partial charge in [-0.2, -0.15) is 5.26 Å². The van der Waals surface area contributed by atoms with Crippen LogP contribution in [-0.2, 0) is 6.54 Å². The number of nitrogens with one attached hydrogen (secondary N) is 1. The van der Waals surface area contributed by atoms with Crippen molar-refractivity contribution in [2.24, 2.45) is 5.92 Å². The molecule has 0 heterocycles. The summed E-state index contributed by atoms with van der Waals surface area (Å²) in [5.74, 6) is 0.216. The van der Waals surface area contributed by atoms with Crippen molar-refractivity contribution < 1.29 is 0 Å². The van der Waals surface area contributed by atoms with Crippen LogP contribution in [0.4, 0.5) is 0 Å². The molecule has 1 aliphatic carbocycles. The first-order chi connectivity index (χ1) is 7.40. The van der Waals surface area contributed by atoms with E-state index in [1.807, 2.05) is 18.2 Å². The van der Waals surface area contributed by atoms with Crippen LogP contribution >= 0.6 is 0 Å². The van der Waals surface area contributed by atoms with Crippen molar-refractivity contribution >= 4 is 0 Å². The predicted molar refractivity (Wildman–Crippen MR) is 60.0 cm³/mol. The lowest BCUT2D eigenvalue weighted by Gasteiger charge is -2.15. The Bertz CT molecular complexity index is 339. The zero-order valence-electron chi connectivity index (χ0n) is 8.82. The standard InChI is InChI=1S/C13H16N2/c14-9-12-7-4-8-13(12)15-10-11-5-2-1-3-6-11/h1-3,5-6,12-13,15H,4,7-8,10H2. The Kier molecular flexibility index (Phi) is 3.37. The van der Waals surface area contributed by atoms with E-state index in [9.17, 15) is 0 Å². The number of nitrogens with zero attached hydrogens (tertiary/aromatic N) is 1. The SMILES string of the molecule is N#CC1CCCC1NCc1ccccc1. The number of nitriles is 1. The fraction of sp³-hybridized carbons (Fsp3) is 0.462. The lowest BCUT2D eigenvalue weighted by atomic mass is 10.1. The van der Waals surface area contributed by atoms with Crippen molar-refractivity contribution in [1.29, 1.82) is 5.26 Å². The second kappa shape index (κ2) is 4.95. The Balaban J connectivity index is 1.86. The van der Waals surface area contributed by atoms with Crippen LogP contribution in [0.1, 0.15) is 24.8 Å². The molecule has 1 saturated carbocycles. The largest absolute Gasteiger partial charge is 0.309 e. The van der Waals surface area contributed by atoms with E-state index < -0.39 is 0 Å². The first-order valence-electron chi connectivity index (χ1n) is 5.57. The van der Waals surface area contributed by atoms with Crippen molar-refractivity contribution in [3.05, 3.63) is 35.9 Å². The van der Waals surface area contributed by atoms with Gasteiger partial charge in [-0.1, -0.05) is 36.8 Å². The summed E-state index contributed by atoms with van der Waals surface area (Å²) in [7, 11) is 0. The summed E-state index contributed by atoms with van der Waals surface area (Å²) >= 11 is 0. The highest BCUT2D eigenvalue weighted by atomic mass is 14.9. The molecular formula is C13H16N2. The summed E-state index contributed by atoms with van der Waals surface area (Å²) < 4.78 is 0. The van der Waals surface area contributed by atoms with Gasteiger partial charge in [-0.3, -0.25) is 0 Å². The van der Waals surface area contributed by atoms with E-state index in [0.717, 1.165) is 19.4 Å². The summed E-state index contributed by atoms with van der Waals surface area (Å²) in [5.41, 5.74) is 1.29. The Labute approximate surface area is 90.9 Å². The van der Waals surface area contributed by atoms with E-state index in [1.54, 1.807) is 0 Å². The zero-order chi connectivity index (χ0) is 10.5. The highest BCUT2D eigenvalue weighted by molar-refractivity contribution is 5.14. The van der Waals surface area contributed by atoms with Crippen LogP contribution < -0.4 is 5.32 Å². The Morgan fingerprint density at radius 1 is 1.27 bits per heavy atom. The second-order valence-corrected chi connectivity index (χ2v) is 4.14. The molecule has 1 aromatic carbocycles. The fourth-order valence-corrected chi connectivity index (χ4v) is 2.20. The van der Waals surface area contributed by atoms with Crippen molar-refractivity contribution in [2.45, 2.75) is 31.8 Å². The molecule has 1 aliphatic rings. The highest BCUT2D eigenvalue weighted by Gasteiger charge is 2.26. The van der Waals surface area contributed by atoms with Gasteiger partial charge in [0, 0.05) is 12.6 Å². The molecule has 0 saturated heterocycles. The van der Waals surface area contributed by atoms with Crippen LogP contribution in [0.15, 0.2) is 30.3 Å². The quantitative estimate of drug-likeness (QED) is 0.813. The average Bonchev–Trinajstić information content (AvgIpc) is 2.75. The van der Waals surface area contributed by atoms with Crippen molar-refractivity contribution in [1.82, 2.24) is 5.32 Å². The minimum absolute atomic E-state index is 0.216. The third kappa shape index (κ3) is 2.57. The number of hydrogen-bond acceptors (Lipinski definition) is 2. The van der Waals surface area contributed by atoms with Crippen LogP contribution in [0.2, 0.25) is 0 Å². The van der Waals surface area contributed by atoms with Crippen molar-refractivity contribution in [3.63, 3.8) is 0 Å². The van der Waals surface area contributed by atoms with Gasteiger partial charge in [0.2, 0.25) is 0 Å². The molecule has 0 bridgehead atoms. The monoisotopic (exact) mass is 200 g/mol. The average molecular weight is 200 g/mol. The Hall–Kier alpha value is -1.33. The lowest BCUT2D eigenvalue weighted by molar-refractivity contribution is 0.464. The molecule has 2 atom stereocenters. The molecule has 1 N–H and O–H groups in total. The van der Waals surface area contributed by atoms with E-state index in [1.165, 1.54) is 12.0 Å². The molecule has 2 heteroatoms. The maximum Gasteiger partial charge on any atom is 0.0672 e. The fourth-order valence-electron chi connectivity index (χ4n) is 2.20. The minimum Gasteiger partial charge on any atom is -0.309 e. The van der Waals surface area contributed by atoms with Gasteiger partial charge in [-0.25, -0.2) is 0 Å². The number of rotatable bonds is 3. The molecule has 0 aromatic heterocycles. The number of hydrogen-bond donors (Lipinski definition) is 1. The number of benzene rings is 1. The lowest BCUT2D eigenvalue weighted by Crippen LogP contribution is -2.31. The summed E-state index contributed by atoms with van der Waals surface area (Å²) in [6, 6.07) is 13.1. The van der Waals surface area contributed by atoms with E-state index in [2.05, 4.69) is 23.5 Å². The van der Waals surface area contributed by atoms with Crippen LogP contribution in [0.3, 0.4) is 0 Å². The minimum atomic E-state index is 0.216. The molecule has 0 amide bonds. The maximum atomic E-state index is 8.94. The van der Waals surface area contributed by atoms with Gasteiger partial charge in [0.25, 0.3) is 0 Å². The van der Waals surface area contributed by atoms with Crippen LogP contribution in [0.5, 0.6) is 0 Å². The molecule has 0 aliphatic heterocycles. The molecule has 2 unspecified atom stereocenters. The van der Waals surface area contributed by atoms with Gasteiger partial charge in [0.1, 0.15) is 0 Å². The van der Waals surface area contributed by atoms with Gasteiger partial charge >= 0.3 is 0 Å². The van der Waals surface area contributed by atoms with Gasteiger partial charge in [0.05, 0.1) is 12.0 Å². The molecule has 0 radical (unpaired) electrons. The highest BCUT2D eigenvalue weighted by Crippen LogP contribution is 2.24. The maximum absolute atomic E-state index is 8.94. The molecule has 0 spiro atoms. The molecule has 2 rings (SSSR count). The third-order valence-corrected chi connectivity index (χ3v) is 3.09. The van der Waals surface area contributed by atoms with E-state index in [-0.39, 0.29) is 5.92 Å². The molecule has 1 aromatic rings. The Morgan fingerprint density at radius 2 is 2.07 bits per heavy atom. The normalized spacial score (nSPS) is 25.0. The molecule has 1 fully saturated rings. The zero-order valence-corrected chi connectivity index (χ0v) is 8.82. The molecule has 2 nitrogen and oxygen atoms in total. The van der Waals surface area contributed by atoms with Gasteiger partial charge in [-0.05, 0) is 18.4 Å². The predicted octanol–water partition coefficient (Wildman–Crippen LogP) is 2.47. The van der Waals surface area contributed by atoms with Crippen LogP contribution in [0.25, 0.3) is 0 Å². The van der Waals surface area contributed by atoms with Crippen LogP contribution in [-0.4, -0.2) is 6.04 Å². The van der Waals surface area contributed by atoms with Crippen molar-refractivity contribution in [2.75, 3.05) is 0 Å². The Morgan fingerprint density at radius 3 is 2.80 bits per heavy atom. The molecule has 78 valence electrons. The van der Waals surface area contributed by atoms with E-state index in [0.29, 0.717) is 6.04 Å². The molecular weight excluding hydrogens is 184 g/mol. The second-order valence-electron chi connectivity index (χ2n) is 4.14. The summed E-state index contributed by atoms with van der Waals surface area (Å²) in [6.07, 6.45) is 3.39. The molecule has 15 heavy (non-hydrogen) atoms. The summed E-state index contributed by atoms with van der Waals surface area (Å²) in [4.78, 5) is 0. The third-order valence-electron chi connectivity index (χ3n) is 3.09. The van der Waals surface area contributed by atoms with E-state index in [4.69, 9.17) is 5.26 Å². The van der Waals surface area contributed by atoms with E-state index >= 15 is 0 Å². The van der Waals surface area contributed by atoms with Gasteiger partial charge in [0.15, 0.2) is 0 Å². The van der Waals surface area contributed by atoms with Crippen molar-refractivity contribution in [3.8, 4) is 6.07 Å². The van der Waals surface area contributed by atoms with Gasteiger partial charge in [-0.15, -0.1) is 0 Å². The van der Waals surface area contributed by atoms with Gasteiger partial charge < -0.3 is 5.32 Å². The van der Waals surface area contributed by atoms with Crippen LogP contribution in [0, 0.1) is 17.2 Å². The summed E-state index contributed by atoms with van der Waals surface area (Å²) in [6.45, 7) is 0.879. The first kappa shape index (κ1) is 10.2. The smallest absolute Gasteiger partial charge is 0.0672 e. The topological polar surface area (TPSA) is 35.8 Å². The first-order valence-corrected chi connectivity index (χ1v) is 5.57. The summed E-state index contributed by atoms with van der Waals surface area (Å²) in [5, 5.41) is 12.4.